The molecule has 1 aromatic carbocycles. The minimum Gasteiger partial charge on any atom is -0.478 e. The summed E-state index contributed by atoms with van der Waals surface area (Å²) in [4.78, 5) is 29.7. The topological polar surface area (TPSA) is 60.9 Å². The standard InChI is InChI=1S/C23H28N2O3S3/c1-3-5-6-9-12-25-21(26)20(31-23(25)29)18(15-19-24(4-2)13-14-30-19)16-10-7-8-11-17(16)22(27)28/h7-8,10-11,15H,3-6,9,12-14H2,1-2H3,(H,27,28)/b19-15+,20-18-. The number of carbonyl (C=O) groups is 2. The van der Waals surface area contributed by atoms with Crippen molar-refractivity contribution in [1.82, 2.24) is 9.80 Å². The minimum atomic E-state index is -1.01. The highest BCUT2D eigenvalue weighted by molar-refractivity contribution is 8.26. The maximum Gasteiger partial charge on any atom is 0.336 e. The predicted octanol–water partition coefficient (Wildman–Crippen LogP) is 5.45. The summed E-state index contributed by atoms with van der Waals surface area (Å²) in [7, 11) is 0. The van der Waals surface area contributed by atoms with Crippen LogP contribution in [0.4, 0.5) is 0 Å². The summed E-state index contributed by atoms with van der Waals surface area (Å²) in [6.45, 7) is 6.67. The lowest BCUT2D eigenvalue weighted by atomic mass is 9.98. The number of thiocarbonyl (C=S) groups is 1. The molecule has 2 heterocycles. The Morgan fingerprint density at radius 3 is 2.61 bits per heavy atom. The molecule has 0 atom stereocenters. The van der Waals surface area contributed by atoms with Crippen LogP contribution >= 0.6 is 35.7 Å². The Bertz CT molecular complexity index is 926. The van der Waals surface area contributed by atoms with Crippen molar-refractivity contribution in [1.29, 1.82) is 0 Å². The van der Waals surface area contributed by atoms with Gasteiger partial charge in [0, 0.05) is 31.0 Å². The molecule has 0 unspecified atom stereocenters. The number of hydrogen-bond acceptors (Lipinski definition) is 6. The fraction of sp³-hybridized carbons (Fsp3) is 0.435. The average molecular weight is 477 g/mol. The average Bonchev–Trinajstić information content (AvgIpc) is 3.33. The van der Waals surface area contributed by atoms with Crippen LogP contribution in [0.1, 0.15) is 55.5 Å². The van der Waals surface area contributed by atoms with Gasteiger partial charge in [-0.1, -0.05) is 68.4 Å². The van der Waals surface area contributed by atoms with Crippen LogP contribution in [0.15, 0.2) is 40.3 Å². The molecule has 5 nitrogen and oxygen atoms in total. The van der Waals surface area contributed by atoms with E-state index < -0.39 is 5.97 Å². The number of unbranched alkanes of at least 4 members (excludes halogenated alkanes) is 3. The molecular formula is C23H28N2O3S3. The van der Waals surface area contributed by atoms with Gasteiger partial charge < -0.3 is 10.0 Å². The quantitative estimate of drug-likeness (QED) is 0.289. The predicted molar refractivity (Wildman–Crippen MR) is 134 cm³/mol. The summed E-state index contributed by atoms with van der Waals surface area (Å²) in [6, 6.07) is 6.88. The number of nitrogens with zero attached hydrogens (tertiary/aromatic N) is 2. The van der Waals surface area contributed by atoms with Crippen LogP contribution in [-0.2, 0) is 4.79 Å². The maximum atomic E-state index is 13.4. The molecule has 2 aliphatic rings. The van der Waals surface area contributed by atoms with Gasteiger partial charge in [0.1, 0.15) is 4.32 Å². The first-order chi connectivity index (χ1) is 15.0. The van der Waals surface area contributed by atoms with E-state index in [2.05, 4.69) is 18.7 Å². The van der Waals surface area contributed by atoms with E-state index in [0.29, 0.717) is 26.9 Å². The smallest absolute Gasteiger partial charge is 0.336 e. The number of aromatic carboxylic acids is 1. The van der Waals surface area contributed by atoms with Gasteiger partial charge in [-0.15, -0.1) is 11.8 Å². The number of thioether (sulfide) groups is 2. The zero-order valence-corrected chi connectivity index (χ0v) is 20.4. The Kier molecular flexibility index (Phi) is 8.63. The summed E-state index contributed by atoms with van der Waals surface area (Å²) >= 11 is 8.55. The van der Waals surface area contributed by atoms with Crippen molar-refractivity contribution in [2.24, 2.45) is 0 Å². The SMILES string of the molecule is CCCCCCN1C(=O)/C(=C(\C=C2\SCCN2CC)c2ccccc2C(=O)O)SC1=S. The van der Waals surface area contributed by atoms with Crippen LogP contribution in [0.2, 0.25) is 0 Å². The highest BCUT2D eigenvalue weighted by Gasteiger charge is 2.35. The Hall–Kier alpha value is -1.77. The molecule has 1 amide bonds. The summed E-state index contributed by atoms with van der Waals surface area (Å²) in [5, 5.41) is 10.8. The number of amides is 1. The summed E-state index contributed by atoms with van der Waals surface area (Å²) in [6.07, 6.45) is 6.22. The molecule has 0 aliphatic carbocycles. The Balaban J connectivity index is 2.05. The second-order valence-electron chi connectivity index (χ2n) is 7.39. The lowest BCUT2D eigenvalue weighted by Crippen LogP contribution is -2.29. The molecule has 2 saturated heterocycles. The van der Waals surface area contributed by atoms with Gasteiger partial charge in [0.2, 0.25) is 0 Å². The van der Waals surface area contributed by atoms with Crippen molar-refractivity contribution in [3.63, 3.8) is 0 Å². The third kappa shape index (κ3) is 5.54. The van der Waals surface area contributed by atoms with Crippen LogP contribution < -0.4 is 0 Å². The van der Waals surface area contributed by atoms with E-state index in [1.54, 1.807) is 34.9 Å². The largest absolute Gasteiger partial charge is 0.478 e. The van der Waals surface area contributed by atoms with Crippen molar-refractivity contribution in [3.8, 4) is 0 Å². The molecule has 0 aromatic heterocycles. The van der Waals surface area contributed by atoms with Crippen LogP contribution in [0, 0.1) is 0 Å². The molecule has 1 aromatic rings. The molecule has 2 fully saturated rings. The second kappa shape index (κ2) is 11.2. The fourth-order valence-corrected chi connectivity index (χ4v) is 6.14. The lowest BCUT2D eigenvalue weighted by molar-refractivity contribution is -0.122. The molecule has 0 bridgehead atoms. The van der Waals surface area contributed by atoms with Crippen molar-refractivity contribution in [3.05, 3.63) is 51.4 Å². The number of rotatable bonds is 9. The number of carboxylic acids is 1. The van der Waals surface area contributed by atoms with E-state index in [-0.39, 0.29) is 11.5 Å². The molecular weight excluding hydrogens is 448 g/mol. The van der Waals surface area contributed by atoms with Crippen molar-refractivity contribution in [2.75, 3.05) is 25.4 Å². The zero-order chi connectivity index (χ0) is 22.4. The van der Waals surface area contributed by atoms with Crippen molar-refractivity contribution >= 4 is 57.5 Å². The Morgan fingerprint density at radius 1 is 1.19 bits per heavy atom. The van der Waals surface area contributed by atoms with Gasteiger partial charge in [-0.05, 0) is 31.1 Å². The third-order valence-electron chi connectivity index (χ3n) is 5.35. The first-order valence-electron chi connectivity index (χ1n) is 10.7. The van der Waals surface area contributed by atoms with Gasteiger partial charge in [0.05, 0.1) is 15.5 Å². The van der Waals surface area contributed by atoms with Crippen LogP contribution in [0.25, 0.3) is 5.57 Å². The minimum absolute atomic E-state index is 0.121. The summed E-state index contributed by atoms with van der Waals surface area (Å²) < 4.78 is 0.548. The number of hydrogen-bond donors (Lipinski definition) is 1. The number of benzene rings is 1. The zero-order valence-electron chi connectivity index (χ0n) is 17.9. The second-order valence-corrected chi connectivity index (χ2v) is 10.1. The molecule has 0 spiro atoms. The molecule has 2 aliphatic heterocycles. The van der Waals surface area contributed by atoms with E-state index >= 15 is 0 Å². The highest BCUT2D eigenvalue weighted by atomic mass is 32.2. The molecule has 8 heteroatoms. The normalized spacial score (nSPS) is 19.6. The van der Waals surface area contributed by atoms with Gasteiger partial charge >= 0.3 is 5.97 Å². The first-order valence-corrected chi connectivity index (χ1v) is 12.9. The van der Waals surface area contributed by atoms with E-state index in [0.717, 1.165) is 49.6 Å². The van der Waals surface area contributed by atoms with Crippen LogP contribution in [-0.4, -0.2) is 56.5 Å². The summed E-state index contributed by atoms with van der Waals surface area (Å²) in [5.74, 6) is -0.149. The lowest BCUT2D eigenvalue weighted by Gasteiger charge is -2.18. The molecule has 0 saturated carbocycles. The molecule has 166 valence electrons. The fourth-order valence-electron chi connectivity index (χ4n) is 3.65. The van der Waals surface area contributed by atoms with Gasteiger partial charge in [-0.3, -0.25) is 9.69 Å². The monoisotopic (exact) mass is 476 g/mol. The number of carboxylic acid groups (broad SMARTS) is 1. The Labute approximate surface area is 197 Å². The van der Waals surface area contributed by atoms with Crippen LogP contribution in [0.5, 0.6) is 0 Å². The van der Waals surface area contributed by atoms with Gasteiger partial charge in [0.15, 0.2) is 0 Å². The molecule has 31 heavy (non-hydrogen) atoms. The van der Waals surface area contributed by atoms with Crippen molar-refractivity contribution < 1.29 is 14.7 Å². The molecule has 3 rings (SSSR count). The highest BCUT2D eigenvalue weighted by Crippen LogP contribution is 2.41. The summed E-state index contributed by atoms with van der Waals surface area (Å²) in [5.41, 5.74) is 1.39. The van der Waals surface area contributed by atoms with Crippen LogP contribution in [0.3, 0.4) is 0 Å². The van der Waals surface area contributed by atoms with Gasteiger partial charge in [-0.2, -0.15) is 0 Å². The molecule has 0 radical (unpaired) electrons. The number of carbonyl (C=O) groups excluding carboxylic acids is 1. The van der Waals surface area contributed by atoms with E-state index in [1.165, 1.54) is 11.8 Å². The Morgan fingerprint density at radius 2 is 1.94 bits per heavy atom. The van der Waals surface area contributed by atoms with Gasteiger partial charge in [-0.25, -0.2) is 4.79 Å². The van der Waals surface area contributed by atoms with Crippen molar-refractivity contribution in [2.45, 2.75) is 39.5 Å². The van der Waals surface area contributed by atoms with Gasteiger partial charge in [0.25, 0.3) is 5.91 Å². The number of allylic oxidation sites excluding steroid dienone is 2. The van der Waals surface area contributed by atoms with E-state index in [1.807, 2.05) is 12.1 Å². The first kappa shape index (κ1) is 23.9. The van der Waals surface area contributed by atoms with E-state index in [4.69, 9.17) is 12.2 Å². The molecule has 1 N–H and O–H groups in total. The maximum absolute atomic E-state index is 13.4. The van der Waals surface area contributed by atoms with E-state index in [9.17, 15) is 14.7 Å². The third-order valence-corrected chi connectivity index (χ3v) is 7.87.